The van der Waals surface area contributed by atoms with Gasteiger partial charge >= 0.3 is 5.97 Å². The third-order valence-electron chi connectivity index (χ3n) is 3.86. The smallest absolute Gasteiger partial charge is 0.310 e. The number of rotatable bonds is 4. The van der Waals surface area contributed by atoms with Crippen molar-refractivity contribution in [2.24, 2.45) is 5.92 Å². The number of ether oxygens (including phenoxy) is 2. The third-order valence-corrected chi connectivity index (χ3v) is 3.86. The Morgan fingerprint density at radius 2 is 2.22 bits per heavy atom. The van der Waals surface area contributed by atoms with Gasteiger partial charge in [-0.15, -0.1) is 0 Å². The Morgan fingerprint density at radius 1 is 1.33 bits per heavy atom. The van der Waals surface area contributed by atoms with E-state index >= 15 is 0 Å². The van der Waals surface area contributed by atoms with E-state index < -0.39 is 0 Å². The third kappa shape index (κ3) is 3.95. The molecule has 0 bridgehead atoms. The van der Waals surface area contributed by atoms with E-state index in [1.165, 1.54) is 19.3 Å². The second-order valence-corrected chi connectivity index (χ2v) is 5.34. The highest BCUT2D eigenvalue weighted by Gasteiger charge is 2.28. The van der Waals surface area contributed by atoms with Crippen molar-refractivity contribution >= 4 is 5.97 Å². The first-order valence-electron chi connectivity index (χ1n) is 7.30. The van der Waals surface area contributed by atoms with E-state index in [0.29, 0.717) is 12.7 Å². The van der Waals surface area contributed by atoms with Gasteiger partial charge in [-0.2, -0.15) is 0 Å². The van der Waals surface area contributed by atoms with Crippen LogP contribution in [0, 0.1) is 5.92 Å². The number of nitrogens with zero attached hydrogens (tertiary/aromatic N) is 1. The van der Waals surface area contributed by atoms with Crippen LogP contribution in [-0.2, 0) is 14.3 Å². The largest absolute Gasteiger partial charge is 0.466 e. The molecule has 2 saturated heterocycles. The molecule has 0 amide bonds. The predicted octanol–water partition coefficient (Wildman–Crippen LogP) is 1.83. The average Bonchev–Trinajstić information content (AvgIpc) is 2.40. The normalized spacial score (nSPS) is 30.1. The average molecular weight is 255 g/mol. The van der Waals surface area contributed by atoms with Crippen LogP contribution in [0.15, 0.2) is 0 Å². The van der Waals surface area contributed by atoms with Gasteiger partial charge in [-0.3, -0.25) is 9.69 Å². The highest BCUT2D eigenvalue weighted by molar-refractivity contribution is 5.72. The van der Waals surface area contributed by atoms with Crippen LogP contribution in [0.5, 0.6) is 0 Å². The minimum absolute atomic E-state index is 0.0215. The number of likely N-dealkylation sites (tertiary alicyclic amines) is 1. The number of esters is 1. The highest BCUT2D eigenvalue weighted by Crippen LogP contribution is 2.20. The Labute approximate surface area is 110 Å². The molecule has 0 aromatic rings. The zero-order valence-corrected chi connectivity index (χ0v) is 11.4. The van der Waals surface area contributed by atoms with Gasteiger partial charge in [0.15, 0.2) is 0 Å². The Bertz CT molecular complexity index is 264. The molecule has 2 heterocycles. The quantitative estimate of drug-likeness (QED) is 0.718. The van der Waals surface area contributed by atoms with Crippen LogP contribution >= 0.6 is 0 Å². The SMILES string of the molecule is CCOC(=O)[C@H]1CCCN(CC2CCCCO2)C1. The fraction of sp³-hybridized carbons (Fsp3) is 0.929. The molecule has 0 aromatic heterocycles. The van der Waals surface area contributed by atoms with Gasteiger partial charge in [-0.1, -0.05) is 0 Å². The van der Waals surface area contributed by atoms with Crippen molar-refractivity contribution in [1.82, 2.24) is 4.90 Å². The van der Waals surface area contributed by atoms with Crippen LogP contribution in [0.4, 0.5) is 0 Å². The fourth-order valence-corrected chi connectivity index (χ4v) is 2.91. The minimum Gasteiger partial charge on any atom is -0.466 e. The molecule has 0 radical (unpaired) electrons. The van der Waals surface area contributed by atoms with E-state index in [2.05, 4.69) is 4.90 Å². The van der Waals surface area contributed by atoms with Gasteiger partial charge in [0.2, 0.25) is 0 Å². The van der Waals surface area contributed by atoms with Crippen molar-refractivity contribution in [3.8, 4) is 0 Å². The van der Waals surface area contributed by atoms with Crippen molar-refractivity contribution in [2.75, 3.05) is 32.8 Å². The van der Waals surface area contributed by atoms with Gasteiger partial charge < -0.3 is 9.47 Å². The summed E-state index contributed by atoms with van der Waals surface area (Å²) in [4.78, 5) is 14.1. The van der Waals surface area contributed by atoms with Crippen LogP contribution in [0.3, 0.4) is 0 Å². The number of hydrogen-bond acceptors (Lipinski definition) is 4. The topological polar surface area (TPSA) is 38.8 Å². The van der Waals surface area contributed by atoms with Crippen molar-refractivity contribution in [3.05, 3.63) is 0 Å². The molecule has 0 aromatic carbocycles. The predicted molar refractivity (Wildman–Crippen MR) is 69.4 cm³/mol. The summed E-state index contributed by atoms with van der Waals surface area (Å²) in [6.07, 6.45) is 6.08. The minimum atomic E-state index is -0.0215. The van der Waals surface area contributed by atoms with Crippen molar-refractivity contribution in [2.45, 2.75) is 45.1 Å². The molecule has 4 heteroatoms. The maximum absolute atomic E-state index is 11.8. The van der Waals surface area contributed by atoms with E-state index in [4.69, 9.17) is 9.47 Å². The Balaban J connectivity index is 1.77. The molecule has 2 aliphatic heterocycles. The lowest BCUT2D eigenvalue weighted by atomic mass is 9.97. The Morgan fingerprint density at radius 3 is 2.94 bits per heavy atom. The molecule has 2 aliphatic rings. The van der Waals surface area contributed by atoms with E-state index in [0.717, 1.165) is 39.1 Å². The van der Waals surface area contributed by atoms with Gasteiger partial charge in [-0.05, 0) is 45.6 Å². The summed E-state index contributed by atoms with van der Waals surface area (Å²) in [6.45, 7) is 6.18. The second kappa shape index (κ2) is 7.10. The van der Waals surface area contributed by atoms with Crippen LogP contribution < -0.4 is 0 Å². The first-order valence-corrected chi connectivity index (χ1v) is 7.30. The lowest BCUT2D eigenvalue weighted by molar-refractivity contribution is -0.150. The van der Waals surface area contributed by atoms with E-state index in [9.17, 15) is 4.79 Å². The van der Waals surface area contributed by atoms with Crippen LogP contribution in [0.25, 0.3) is 0 Å². The molecule has 104 valence electrons. The van der Waals surface area contributed by atoms with Crippen molar-refractivity contribution in [1.29, 1.82) is 0 Å². The first-order chi connectivity index (χ1) is 8.79. The van der Waals surface area contributed by atoms with Crippen molar-refractivity contribution < 1.29 is 14.3 Å². The molecular formula is C14H25NO3. The monoisotopic (exact) mass is 255 g/mol. The van der Waals surface area contributed by atoms with Crippen LogP contribution in [-0.4, -0.2) is 49.8 Å². The maximum Gasteiger partial charge on any atom is 0.310 e. The summed E-state index contributed by atoms with van der Waals surface area (Å²) in [5, 5.41) is 0. The Hall–Kier alpha value is -0.610. The molecule has 2 rings (SSSR count). The standard InChI is InChI=1S/C14H25NO3/c1-2-17-14(16)12-6-5-8-15(10-12)11-13-7-3-4-9-18-13/h12-13H,2-11H2,1H3/t12-,13?/m0/s1. The molecule has 0 aliphatic carbocycles. The number of carbonyl (C=O) groups is 1. The lowest BCUT2D eigenvalue weighted by Gasteiger charge is -2.35. The zero-order chi connectivity index (χ0) is 12.8. The van der Waals surface area contributed by atoms with Crippen LogP contribution in [0.2, 0.25) is 0 Å². The number of piperidine rings is 1. The number of carbonyl (C=O) groups excluding carboxylic acids is 1. The van der Waals surface area contributed by atoms with Gasteiger partial charge in [0, 0.05) is 19.7 Å². The highest BCUT2D eigenvalue weighted by atomic mass is 16.5. The van der Waals surface area contributed by atoms with E-state index in [1.807, 2.05) is 6.92 Å². The molecule has 0 saturated carbocycles. The molecule has 1 unspecified atom stereocenters. The van der Waals surface area contributed by atoms with Gasteiger partial charge in [0.1, 0.15) is 0 Å². The molecule has 0 spiro atoms. The summed E-state index contributed by atoms with van der Waals surface area (Å²) >= 11 is 0. The van der Waals surface area contributed by atoms with Gasteiger partial charge in [0.05, 0.1) is 18.6 Å². The number of hydrogen-bond donors (Lipinski definition) is 0. The summed E-state index contributed by atoms with van der Waals surface area (Å²) < 4.78 is 10.9. The van der Waals surface area contributed by atoms with Gasteiger partial charge in [-0.25, -0.2) is 0 Å². The summed E-state index contributed by atoms with van der Waals surface area (Å²) in [6, 6.07) is 0. The van der Waals surface area contributed by atoms with Crippen molar-refractivity contribution in [3.63, 3.8) is 0 Å². The summed E-state index contributed by atoms with van der Waals surface area (Å²) in [7, 11) is 0. The molecule has 2 fully saturated rings. The van der Waals surface area contributed by atoms with E-state index in [-0.39, 0.29) is 11.9 Å². The zero-order valence-electron chi connectivity index (χ0n) is 11.4. The summed E-state index contributed by atoms with van der Waals surface area (Å²) in [5.41, 5.74) is 0. The molecule has 4 nitrogen and oxygen atoms in total. The Kier molecular flexibility index (Phi) is 5.45. The molecular weight excluding hydrogens is 230 g/mol. The second-order valence-electron chi connectivity index (χ2n) is 5.34. The molecule has 18 heavy (non-hydrogen) atoms. The molecule has 2 atom stereocenters. The van der Waals surface area contributed by atoms with E-state index in [1.54, 1.807) is 0 Å². The van der Waals surface area contributed by atoms with Gasteiger partial charge in [0.25, 0.3) is 0 Å². The lowest BCUT2D eigenvalue weighted by Crippen LogP contribution is -2.44. The van der Waals surface area contributed by atoms with Crippen LogP contribution in [0.1, 0.15) is 39.0 Å². The maximum atomic E-state index is 11.8. The fourth-order valence-electron chi connectivity index (χ4n) is 2.91. The summed E-state index contributed by atoms with van der Waals surface area (Å²) in [5.74, 6) is 0.0500. The first kappa shape index (κ1) is 13.8. The molecule has 0 N–H and O–H groups in total.